The fraction of sp³-hybridized carbons (Fsp3) is 0.143. The molecular weight excluding hydrogens is 488 g/mol. The predicted octanol–water partition coefficient (Wildman–Crippen LogP) is 6.77. The normalized spacial score (nSPS) is 12.5. The zero-order chi connectivity index (χ0) is 13.3. The van der Waals surface area contributed by atoms with E-state index >= 15 is 0 Å². The van der Waals surface area contributed by atoms with Gasteiger partial charge < -0.3 is 0 Å². The van der Waals surface area contributed by atoms with Crippen LogP contribution < -0.4 is 0 Å². The summed E-state index contributed by atoms with van der Waals surface area (Å²) >= 11 is 14.4. The number of hydrogen-bond donors (Lipinski definition) is 0. The highest BCUT2D eigenvalue weighted by Gasteiger charge is 2.15. The van der Waals surface area contributed by atoms with Crippen LogP contribution in [-0.2, 0) is 0 Å². The molecule has 0 nitrogen and oxygen atoms in total. The molecule has 0 spiro atoms. The lowest BCUT2D eigenvalue weighted by Crippen LogP contribution is -1.95. The lowest BCUT2D eigenvalue weighted by Gasteiger charge is -2.14. The van der Waals surface area contributed by atoms with E-state index in [9.17, 15) is 0 Å². The average Bonchev–Trinajstić information content (AvgIpc) is 2.34. The fourth-order valence-corrected chi connectivity index (χ4v) is 3.97. The Morgan fingerprint density at radius 3 is 2.11 bits per heavy atom. The van der Waals surface area contributed by atoms with Gasteiger partial charge in [-0.15, -0.1) is 0 Å². The molecular formula is C14H10Br4. The van der Waals surface area contributed by atoms with Crippen molar-refractivity contribution in [2.45, 2.75) is 11.8 Å². The first-order chi connectivity index (χ1) is 8.49. The number of benzene rings is 2. The maximum atomic E-state index is 3.76. The van der Waals surface area contributed by atoms with Gasteiger partial charge >= 0.3 is 0 Å². The van der Waals surface area contributed by atoms with Gasteiger partial charge in [0.1, 0.15) is 0 Å². The van der Waals surface area contributed by atoms with Gasteiger partial charge in [-0.25, -0.2) is 0 Å². The summed E-state index contributed by atoms with van der Waals surface area (Å²) in [5, 5.41) is 0. The van der Waals surface area contributed by atoms with E-state index in [0.29, 0.717) is 0 Å². The van der Waals surface area contributed by atoms with Crippen LogP contribution in [0.3, 0.4) is 0 Å². The third-order valence-electron chi connectivity index (χ3n) is 2.71. The molecule has 2 aromatic carbocycles. The summed E-state index contributed by atoms with van der Waals surface area (Å²) in [5.41, 5.74) is 3.67. The molecule has 0 aliphatic carbocycles. The molecule has 0 fully saturated rings. The van der Waals surface area contributed by atoms with Crippen molar-refractivity contribution < 1.29 is 0 Å². The van der Waals surface area contributed by atoms with Gasteiger partial charge in [0, 0.05) is 13.4 Å². The van der Waals surface area contributed by atoms with E-state index in [-0.39, 0.29) is 4.83 Å². The number of hydrogen-bond acceptors (Lipinski definition) is 0. The number of alkyl halides is 1. The van der Waals surface area contributed by atoms with Gasteiger partial charge in [-0.2, -0.15) is 0 Å². The summed E-state index contributed by atoms with van der Waals surface area (Å²) in [4.78, 5) is 0.178. The molecule has 0 bridgehead atoms. The number of aryl methyl sites for hydroxylation is 1. The molecule has 0 saturated carbocycles. The van der Waals surface area contributed by atoms with Crippen LogP contribution in [0, 0.1) is 6.92 Å². The second-order valence-corrected chi connectivity index (χ2v) is 7.58. The Morgan fingerprint density at radius 2 is 1.50 bits per heavy atom. The molecule has 0 aliphatic rings. The van der Waals surface area contributed by atoms with E-state index in [4.69, 9.17) is 0 Å². The van der Waals surface area contributed by atoms with E-state index in [1.807, 2.05) is 0 Å². The molecule has 2 rings (SSSR count). The maximum Gasteiger partial charge on any atom is 0.0656 e. The average molecular weight is 498 g/mol. The molecule has 0 saturated heterocycles. The zero-order valence-electron chi connectivity index (χ0n) is 9.55. The van der Waals surface area contributed by atoms with Gasteiger partial charge in [-0.3, -0.25) is 0 Å². The van der Waals surface area contributed by atoms with Gasteiger partial charge in [0.25, 0.3) is 0 Å². The minimum absolute atomic E-state index is 0.178. The van der Waals surface area contributed by atoms with Crippen molar-refractivity contribution in [3.05, 3.63) is 66.5 Å². The van der Waals surface area contributed by atoms with Crippen molar-refractivity contribution >= 4 is 63.7 Å². The maximum absolute atomic E-state index is 3.76. The molecule has 0 N–H and O–H groups in total. The molecule has 0 amide bonds. The van der Waals surface area contributed by atoms with Crippen molar-refractivity contribution in [2.24, 2.45) is 0 Å². The van der Waals surface area contributed by atoms with Crippen molar-refractivity contribution in [1.29, 1.82) is 0 Å². The Kier molecular flexibility index (Phi) is 5.09. The van der Waals surface area contributed by atoms with E-state index in [2.05, 4.69) is 107 Å². The topological polar surface area (TPSA) is 0 Å². The monoisotopic (exact) mass is 494 g/mol. The van der Waals surface area contributed by atoms with Gasteiger partial charge in [0.2, 0.25) is 0 Å². The molecule has 0 aliphatic heterocycles. The van der Waals surface area contributed by atoms with Crippen molar-refractivity contribution in [2.75, 3.05) is 0 Å². The molecule has 18 heavy (non-hydrogen) atoms. The number of rotatable bonds is 2. The quantitative estimate of drug-likeness (QED) is 0.402. The van der Waals surface area contributed by atoms with Gasteiger partial charge in [0.15, 0.2) is 0 Å². The minimum atomic E-state index is 0.178. The Balaban J connectivity index is 2.42. The Labute approximate surface area is 141 Å². The molecule has 0 heterocycles. The first-order valence-corrected chi connectivity index (χ1v) is 8.63. The first kappa shape index (κ1) is 14.8. The molecule has 4 heteroatoms. The van der Waals surface area contributed by atoms with E-state index in [1.54, 1.807) is 0 Å². The largest absolute Gasteiger partial charge is 0.0786 e. The highest BCUT2D eigenvalue weighted by atomic mass is 79.9. The molecule has 0 radical (unpaired) electrons. The highest BCUT2D eigenvalue weighted by molar-refractivity contribution is 9.11. The Bertz CT molecular complexity index is 561. The van der Waals surface area contributed by atoms with Crippen LogP contribution in [0.25, 0.3) is 0 Å². The lowest BCUT2D eigenvalue weighted by molar-refractivity contribution is 1.15. The summed E-state index contributed by atoms with van der Waals surface area (Å²) < 4.78 is 3.34. The summed E-state index contributed by atoms with van der Waals surface area (Å²) in [5.74, 6) is 0. The summed E-state index contributed by atoms with van der Waals surface area (Å²) in [6.07, 6.45) is 0. The zero-order valence-corrected chi connectivity index (χ0v) is 15.9. The Morgan fingerprint density at radius 1 is 0.889 bits per heavy atom. The third-order valence-corrected chi connectivity index (χ3v) is 5.81. The van der Waals surface area contributed by atoms with Crippen LogP contribution in [0.1, 0.15) is 21.5 Å². The fourth-order valence-electron chi connectivity index (χ4n) is 1.67. The summed E-state index contributed by atoms with van der Waals surface area (Å²) in [7, 11) is 0. The molecule has 1 unspecified atom stereocenters. The van der Waals surface area contributed by atoms with E-state index < -0.39 is 0 Å². The van der Waals surface area contributed by atoms with Crippen LogP contribution in [0.4, 0.5) is 0 Å². The smallest absolute Gasteiger partial charge is 0.0656 e. The van der Waals surface area contributed by atoms with Crippen LogP contribution >= 0.6 is 63.7 Å². The highest BCUT2D eigenvalue weighted by Crippen LogP contribution is 2.38. The lowest BCUT2D eigenvalue weighted by atomic mass is 10.0. The second-order valence-electron chi connectivity index (χ2n) is 4.04. The SMILES string of the molecule is Cc1cc(Br)c(C(Br)c2ccc(Br)cc2)cc1Br. The van der Waals surface area contributed by atoms with Crippen LogP contribution in [-0.4, -0.2) is 0 Å². The van der Waals surface area contributed by atoms with Crippen molar-refractivity contribution in [1.82, 2.24) is 0 Å². The standard InChI is InChI=1S/C14H10Br4/c1-8-6-13(17)11(7-12(8)16)14(18)9-2-4-10(15)5-3-9/h2-7,14H,1H3. The molecule has 0 aromatic heterocycles. The van der Waals surface area contributed by atoms with Gasteiger partial charge in [-0.1, -0.05) is 75.9 Å². The van der Waals surface area contributed by atoms with E-state index in [1.165, 1.54) is 16.7 Å². The first-order valence-electron chi connectivity index (χ1n) is 5.34. The molecule has 1 atom stereocenters. The van der Waals surface area contributed by atoms with Crippen molar-refractivity contribution in [3.63, 3.8) is 0 Å². The van der Waals surface area contributed by atoms with E-state index in [0.717, 1.165) is 13.4 Å². The van der Waals surface area contributed by atoms with Crippen LogP contribution in [0.5, 0.6) is 0 Å². The van der Waals surface area contributed by atoms with Crippen LogP contribution in [0.15, 0.2) is 49.8 Å². The van der Waals surface area contributed by atoms with Gasteiger partial charge in [-0.05, 0) is 47.9 Å². The van der Waals surface area contributed by atoms with Crippen LogP contribution in [0.2, 0.25) is 0 Å². The molecule has 2 aromatic rings. The third kappa shape index (κ3) is 3.27. The number of halogens is 4. The predicted molar refractivity (Wildman–Crippen MR) is 91.5 cm³/mol. The Hall–Kier alpha value is 0.360. The molecule has 94 valence electrons. The van der Waals surface area contributed by atoms with Crippen molar-refractivity contribution in [3.8, 4) is 0 Å². The van der Waals surface area contributed by atoms with Gasteiger partial charge in [0.05, 0.1) is 4.83 Å². The minimum Gasteiger partial charge on any atom is -0.0786 e. The summed E-state index contributed by atoms with van der Waals surface area (Å²) in [6.45, 7) is 2.08. The summed E-state index contributed by atoms with van der Waals surface area (Å²) in [6, 6.07) is 12.6. The second kappa shape index (κ2) is 6.21.